The van der Waals surface area contributed by atoms with Gasteiger partial charge in [0, 0.05) is 25.2 Å². The molecule has 0 unspecified atom stereocenters. The zero-order valence-corrected chi connectivity index (χ0v) is 9.40. The summed E-state index contributed by atoms with van der Waals surface area (Å²) in [7, 11) is 0. The molecular weight excluding hydrogens is 198 g/mol. The van der Waals surface area contributed by atoms with Gasteiger partial charge in [-0.15, -0.1) is 0 Å². The molecule has 0 fully saturated rings. The van der Waals surface area contributed by atoms with Gasteiger partial charge in [0.25, 0.3) is 0 Å². The van der Waals surface area contributed by atoms with Crippen LogP contribution in [0.2, 0.25) is 0 Å². The molecule has 0 saturated carbocycles. The van der Waals surface area contributed by atoms with Crippen molar-refractivity contribution in [3.8, 4) is 11.4 Å². The Morgan fingerprint density at radius 2 is 2.06 bits per heavy atom. The van der Waals surface area contributed by atoms with E-state index >= 15 is 0 Å². The van der Waals surface area contributed by atoms with Crippen molar-refractivity contribution in [2.45, 2.75) is 20.0 Å². The molecule has 3 rings (SSSR count). The summed E-state index contributed by atoms with van der Waals surface area (Å²) in [6, 6.07) is 10.4. The van der Waals surface area contributed by atoms with Gasteiger partial charge < -0.3 is 9.88 Å². The highest BCUT2D eigenvalue weighted by Gasteiger charge is 2.17. The maximum atomic E-state index is 4.69. The molecule has 2 heterocycles. The number of nitrogens with one attached hydrogen (secondary N) is 1. The zero-order chi connectivity index (χ0) is 11.0. The Balaban J connectivity index is 2.15. The van der Waals surface area contributed by atoms with Crippen LogP contribution in [0.3, 0.4) is 0 Å². The first-order valence-electron chi connectivity index (χ1n) is 5.68. The quantitative estimate of drug-likeness (QED) is 0.784. The summed E-state index contributed by atoms with van der Waals surface area (Å²) >= 11 is 0. The summed E-state index contributed by atoms with van der Waals surface area (Å²) in [6.45, 7) is 5.07. The second-order valence-electron chi connectivity index (χ2n) is 4.16. The highest BCUT2D eigenvalue weighted by molar-refractivity contribution is 5.57. The minimum atomic E-state index is 0.936. The van der Waals surface area contributed by atoms with Gasteiger partial charge in [-0.1, -0.05) is 30.3 Å². The Bertz CT molecular complexity index is 499. The Hall–Kier alpha value is -1.61. The molecule has 0 aliphatic carbocycles. The number of hydrogen-bond donors (Lipinski definition) is 1. The molecule has 1 aromatic carbocycles. The van der Waals surface area contributed by atoms with Crippen LogP contribution >= 0.6 is 0 Å². The second-order valence-corrected chi connectivity index (χ2v) is 4.16. The van der Waals surface area contributed by atoms with Gasteiger partial charge in [0.05, 0.1) is 11.4 Å². The number of benzene rings is 1. The third-order valence-corrected chi connectivity index (χ3v) is 3.11. The Kier molecular flexibility index (Phi) is 2.26. The lowest BCUT2D eigenvalue weighted by molar-refractivity contribution is 0.518. The molecule has 16 heavy (non-hydrogen) atoms. The molecule has 3 nitrogen and oxygen atoms in total. The van der Waals surface area contributed by atoms with E-state index in [-0.39, 0.29) is 0 Å². The van der Waals surface area contributed by atoms with Gasteiger partial charge in [0.1, 0.15) is 5.82 Å². The summed E-state index contributed by atoms with van der Waals surface area (Å²) < 4.78 is 2.33. The monoisotopic (exact) mass is 213 g/mol. The number of hydrogen-bond acceptors (Lipinski definition) is 2. The molecule has 1 N–H and O–H groups in total. The summed E-state index contributed by atoms with van der Waals surface area (Å²) in [5.74, 6) is 1.11. The van der Waals surface area contributed by atoms with Crippen LogP contribution in [0.4, 0.5) is 0 Å². The molecular formula is C13H15N3. The maximum absolute atomic E-state index is 4.69. The summed E-state index contributed by atoms with van der Waals surface area (Å²) in [5, 5.41) is 3.39. The van der Waals surface area contributed by atoms with Gasteiger partial charge in [-0.2, -0.15) is 0 Å². The predicted molar refractivity (Wildman–Crippen MR) is 64.1 cm³/mol. The van der Waals surface area contributed by atoms with E-state index in [4.69, 9.17) is 0 Å². The Labute approximate surface area is 95.1 Å². The average molecular weight is 213 g/mol. The van der Waals surface area contributed by atoms with Crippen LogP contribution in [0.1, 0.15) is 11.4 Å². The van der Waals surface area contributed by atoms with Gasteiger partial charge in [0.15, 0.2) is 0 Å². The van der Waals surface area contributed by atoms with Crippen molar-refractivity contribution in [2.75, 3.05) is 6.54 Å². The van der Waals surface area contributed by atoms with Crippen LogP contribution in [0, 0.1) is 6.92 Å². The van der Waals surface area contributed by atoms with E-state index < -0.39 is 0 Å². The zero-order valence-electron chi connectivity index (χ0n) is 9.40. The molecule has 0 bridgehead atoms. The summed E-state index contributed by atoms with van der Waals surface area (Å²) in [5.41, 5.74) is 3.68. The fourth-order valence-electron chi connectivity index (χ4n) is 2.28. The summed E-state index contributed by atoms with van der Waals surface area (Å²) in [6.07, 6.45) is 0. The molecule has 0 radical (unpaired) electrons. The van der Waals surface area contributed by atoms with Crippen molar-refractivity contribution in [1.29, 1.82) is 0 Å². The molecule has 0 atom stereocenters. The first-order valence-corrected chi connectivity index (χ1v) is 5.68. The van der Waals surface area contributed by atoms with Crippen LogP contribution in [-0.2, 0) is 13.1 Å². The first-order chi connectivity index (χ1) is 7.86. The minimum Gasteiger partial charge on any atom is -0.325 e. The van der Waals surface area contributed by atoms with E-state index in [1.807, 2.05) is 6.07 Å². The number of aryl methyl sites for hydroxylation is 1. The normalized spacial score (nSPS) is 14.8. The third-order valence-electron chi connectivity index (χ3n) is 3.11. The molecule has 0 spiro atoms. The first kappa shape index (κ1) is 9.60. The largest absolute Gasteiger partial charge is 0.325 e. The predicted octanol–water partition coefficient (Wildman–Crippen LogP) is 1.96. The fourth-order valence-corrected chi connectivity index (χ4v) is 2.28. The molecule has 1 aliphatic heterocycles. The standard InChI is InChI=1S/C13H15N3/c1-10-12-9-14-7-8-16(12)13(15-10)11-5-3-2-4-6-11/h2-6,14H,7-9H2,1H3. The van der Waals surface area contributed by atoms with Crippen molar-refractivity contribution in [1.82, 2.24) is 14.9 Å². The number of rotatable bonds is 1. The van der Waals surface area contributed by atoms with Crippen LogP contribution in [-0.4, -0.2) is 16.1 Å². The highest BCUT2D eigenvalue weighted by Crippen LogP contribution is 2.23. The highest BCUT2D eigenvalue weighted by atomic mass is 15.2. The van der Waals surface area contributed by atoms with Gasteiger partial charge in [-0.05, 0) is 6.92 Å². The Morgan fingerprint density at radius 1 is 1.25 bits per heavy atom. The molecule has 82 valence electrons. The topological polar surface area (TPSA) is 29.9 Å². The van der Waals surface area contributed by atoms with Gasteiger partial charge in [-0.3, -0.25) is 0 Å². The molecule has 3 heteroatoms. The van der Waals surface area contributed by atoms with Crippen molar-refractivity contribution < 1.29 is 0 Å². The SMILES string of the molecule is Cc1nc(-c2ccccc2)n2c1CNCC2. The van der Waals surface area contributed by atoms with Crippen molar-refractivity contribution in [3.05, 3.63) is 41.7 Å². The fraction of sp³-hybridized carbons (Fsp3) is 0.308. The van der Waals surface area contributed by atoms with Gasteiger partial charge in [0.2, 0.25) is 0 Å². The lowest BCUT2D eigenvalue weighted by Gasteiger charge is -2.18. The second kappa shape index (κ2) is 3.76. The van der Waals surface area contributed by atoms with Crippen molar-refractivity contribution in [3.63, 3.8) is 0 Å². The van der Waals surface area contributed by atoms with Crippen LogP contribution in [0.25, 0.3) is 11.4 Å². The lowest BCUT2D eigenvalue weighted by atomic mass is 10.2. The molecule has 0 amide bonds. The molecule has 0 saturated heterocycles. The smallest absolute Gasteiger partial charge is 0.140 e. The van der Waals surface area contributed by atoms with E-state index in [9.17, 15) is 0 Å². The maximum Gasteiger partial charge on any atom is 0.140 e. The summed E-state index contributed by atoms with van der Waals surface area (Å²) in [4.78, 5) is 4.69. The van der Waals surface area contributed by atoms with Crippen molar-refractivity contribution >= 4 is 0 Å². The van der Waals surface area contributed by atoms with Crippen LogP contribution < -0.4 is 5.32 Å². The van der Waals surface area contributed by atoms with Crippen molar-refractivity contribution in [2.24, 2.45) is 0 Å². The molecule has 1 aliphatic rings. The minimum absolute atomic E-state index is 0.936. The van der Waals surface area contributed by atoms with E-state index in [0.29, 0.717) is 0 Å². The number of nitrogens with zero attached hydrogens (tertiary/aromatic N) is 2. The van der Waals surface area contributed by atoms with Gasteiger partial charge >= 0.3 is 0 Å². The third kappa shape index (κ3) is 1.44. The van der Waals surface area contributed by atoms with E-state index in [1.165, 1.54) is 11.3 Å². The Morgan fingerprint density at radius 3 is 2.88 bits per heavy atom. The van der Waals surface area contributed by atoms with E-state index in [1.54, 1.807) is 0 Å². The van der Waals surface area contributed by atoms with E-state index in [0.717, 1.165) is 31.2 Å². The van der Waals surface area contributed by atoms with Crippen LogP contribution in [0.15, 0.2) is 30.3 Å². The van der Waals surface area contributed by atoms with E-state index in [2.05, 4.69) is 46.1 Å². The van der Waals surface area contributed by atoms with Gasteiger partial charge in [-0.25, -0.2) is 4.98 Å². The lowest BCUT2D eigenvalue weighted by Crippen LogP contribution is -2.28. The number of fused-ring (bicyclic) bond motifs is 1. The molecule has 1 aromatic heterocycles. The number of imidazole rings is 1. The number of aromatic nitrogens is 2. The molecule has 2 aromatic rings. The average Bonchev–Trinajstić information content (AvgIpc) is 2.69. The van der Waals surface area contributed by atoms with Crippen LogP contribution in [0.5, 0.6) is 0 Å².